The molecule has 1 rings (SSSR count). The van der Waals surface area contributed by atoms with Gasteiger partial charge in [-0.3, -0.25) is 4.79 Å². The highest BCUT2D eigenvalue weighted by molar-refractivity contribution is 5.81. The lowest BCUT2D eigenvalue weighted by Crippen LogP contribution is -2.37. The second-order valence-corrected chi connectivity index (χ2v) is 4.31. The number of methoxy groups -OCH3 is 1. The minimum Gasteiger partial charge on any atom is -0.383 e. The van der Waals surface area contributed by atoms with Crippen LogP contribution in [0.2, 0.25) is 0 Å². The van der Waals surface area contributed by atoms with Gasteiger partial charge >= 0.3 is 0 Å². The normalized spacial score (nSPS) is 10.4. The van der Waals surface area contributed by atoms with Crippen molar-refractivity contribution in [1.82, 2.24) is 5.32 Å². The maximum atomic E-state index is 13.8. The molecule has 0 bridgehead atoms. The molecular weight excluding hydrogens is 268 g/mol. The molecule has 0 saturated heterocycles. The molecule has 3 N–H and O–H groups in total. The highest BCUT2D eigenvalue weighted by atomic mass is 19.1. The molecule has 0 heterocycles. The van der Waals surface area contributed by atoms with Crippen LogP contribution in [-0.4, -0.2) is 39.8 Å². The van der Waals surface area contributed by atoms with Gasteiger partial charge in [-0.15, -0.1) is 0 Å². The summed E-state index contributed by atoms with van der Waals surface area (Å²) in [4.78, 5) is 12.8. The third-order valence-corrected chi connectivity index (χ3v) is 2.70. The fraction of sp³-hybridized carbons (Fsp3) is 0.462. The van der Waals surface area contributed by atoms with Crippen LogP contribution >= 0.6 is 0 Å². The van der Waals surface area contributed by atoms with E-state index in [0.29, 0.717) is 18.7 Å². The summed E-state index contributed by atoms with van der Waals surface area (Å²) in [5.74, 6) is -1.82. The largest absolute Gasteiger partial charge is 0.383 e. The Bertz CT molecular complexity index is 446. The highest BCUT2D eigenvalue weighted by Gasteiger charge is 2.17. The van der Waals surface area contributed by atoms with Crippen LogP contribution in [0.25, 0.3) is 0 Å². The van der Waals surface area contributed by atoms with Crippen molar-refractivity contribution in [1.29, 1.82) is 0 Å². The Morgan fingerprint density at radius 3 is 2.50 bits per heavy atom. The molecule has 0 aliphatic rings. The number of benzene rings is 1. The first-order chi connectivity index (χ1) is 9.49. The summed E-state index contributed by atoms with van der Waals surface area (Å²) in [5, 5.41) is 2.58. The summed E-state index contributed by atoms with van der Waals surface area (Å²) < 4.78 is 32.4. The number of carbonyl (C=O) groups excluding carboxylic acids is 1. The molecule has 5 nitrogen and oxygen atoms in total. The van der Waals surface area contributed by atoms with Crippen molar-refractivity contribution in [3.05, 3.63) is 29.3 Å². The number of ether oxygens (including phenoxy) is 1. The van der Waals surface area contributed by atoms with Crippen molar-refractivity contribution >= 4 is 11.6 Å². The van der Waals surface area contributed by atoms with E-state index in [0.717, 1.165) is 12.1 Å². The zero-order valence-corrected chi connectivity index (χ0v) is 11.6. The maximum Gasteiger partial charge on any atom is 0.239 e. The number of nitrogens with zero attached hydrogens (tertiary/aromatic N) is 1. The lowest BCUT2D eigenvalue weighted by Gasteiger charge is -2.20. The number of likely N-dealkylation sites (N-methyl/N-ethyl adjacent to an activating group) is 1. The van der Waals surface area contributed by atoms with Crippen LogP contribution in [0, 0.1) is 11.6 Å². The van der Waals surface area contributed by atoms with Gasteiger partial charge in [-0.1, -0.05) is 0 Å². The molecule has 0 aliphatic heterocycles. The average molecular weight is 287 g/mol. The first-order valence-electron chi connectivity index (χ1n) is 6.14. The molecule has 0 saturated carbocycles. The number of hydrogen-bond donors (Lipinski definition) is 2. The summed E-state index contributed by atoms with van der Waals surface area (Å²) in [6.07, 6.45) is 0. The molecule has 7 heteroatoms. The average Bonchev–Trinajstić information content (AvgIpc) is 2.37. The first-order valence-corrected chi connectivity index (χ1v) is 6.14. The number of hydrogen-bond acceptors (Lipinski definition) is 4. The molecule has 0 aromatic heterocycles. The first kappa shape index (κ1) is 16.3. The van der Waals surface area contributed by atoms with Crippen molar-refractivity contribution in [3.63, 3.8) is 0 Å². The van der Waals surface area contributed by atoms with Gasteiger partial charge < -0.3 is 20.7 Å². The molecule has 20 heavy (non-hydrogen) atoms. The number of nitrogens with one attached hydrogen (secondary N) is 1. The SMILES string of the molecule is COCCNC(=O)CN(C)c1c(F)cc(CN)cc1F. The monoisotopic (exact) mass is 287 g/mol. The molecule has 1 aromatic carbocycles. The molecule has 1 aromatic rings. The number of carbonyl (C=O) groups is 1. The predicted octanol–water partition coefficient (Wildman–Crippen LogP) is 0.622. The van der Waals surface area contributed by atoms with Crippen LogP contribution in [0.5, 0.6) is 0 Å². The summed E-state index contributed by atoms with van der Waals surface area (Å²) in [5.41, 5.74) is 5.46. The smallest absolute Gasteiger partial charge is 0.239 e. The van der Waals surface area contributed by atoms with E-state index >= 15 is 0 Å². The molecule has 0 unspecified atom stereocenters. The lowest BCUT2D eigenvalue weighted by atomic mass is 10.1. The van der Waals surface area contributed by atoms with Crippen LogP contribution in [0.4, 0.5) is 14.5 Å². The highest BCUT2D eigenvalue weighted by Crippen LogP contribution is 2.23. The van der Waals surface area contributed by atoms with Crippen molar-refractivity contribution in [2.24, 2.45) is 5.73 Å². The lowest BCUT2D eigenvalue weighted by molar-refractivity contribution is -0.119. The molecule has 0 aliphatic carbocycles. The zero-order chi connectivity index (χ0) is 15.1. The number of nitrogens with two attached hydrogens (primary N) is 1. The van der Waals surface area contributed by atoms with Crippen LogP contribution in [0.15, 0.2) is 12.1 Å². The van der Waals surface area contributed by atoms with E-state index in [-0.39, 0.29) is 24.7 Å². The zero-order valence-electron chi connectivity index (χ0n) is 11.6. The summed E-state index contributed by atoms with van der Waals surface area (Å²) in [6, 6.07) is 2.33. The fourth-order valence-corrected chi connectivity index (χ4v) is 1.74. The van der Waals surface area contributed by atoms with Gasteiger partial charge in [-0.25, -0.2) is 8.78 Å². The van der Waals surface area contributed by atoms with Crippen molar-refractivity contribution in [2.45, 2.75) is 6.54 Å². The van der Waals surface area contributed by atoms with E-state index in [2.05, 4.69) is 5.32 Å². The van der Waals surface area contributed by atoms with E-state index < -0.39 is 11.6 Å². The van der Waals surface area contributed by atoms with Crippen molar-refractivity contribution in [2.75, 3.05) is 38.8 Å². The Hall–Kier alpha value is -1.73. The molecule has 112 valence electrons. The number of rotatable bonds is 7. The van der Waals surface area contributed by atoms with Crippen molar-refractivity contribution in [3.8, 4) is 0 Å². The second kappa shape index (κ2) is 7.76. The predicted molar refractivity (Wildman–Crippen MR) is 72.4 cm³/mol. The Morgan fingerprint density at radius 1 is 1.40 bits per heavy atom. The van der Waals surface area contributed by atoms with Crippen LogP contribution < -0.4 is 16.0 Å². The van der Waals surface area contributed by atoms with Crippen LogP contribution in [-0.2, 0) is 16.1 Å². The van der Waals surface area contributed by atoms with E-state index in [1.165, 1.54) is 19.1 Å². The van der Waals surface area contributed by atoms with E-state index in [1.54, 1.807) is 0 Å². The number of anilines is 1. The molecule has 0 spiro atoms. The van der Waals surface area contributed by atoms with Gasteiger partial charge in [-0.2, -0.15) is 0 Å². The van der Waals surface area contributed by atoms with Crippen LogP contribution in [0.3, 0.4) is 0 Å². The summed E-state index contributed by atoms with van der Waals surface area (Å²) in [7, 11) is 2.96. The molecule has 0 fully saturated rings. The summed E-state index contributed by atoms with van der Waals surface area (Å²) >= 11 is 0. The maximum absolute atomic E-state index is 13.8. The third-order valence-electron chi connectivity index (χ3n) is 2.70. The molecule has 1 amide bonds. The Kier molecular flexibility index (Phi) is 6.33. The van der Waals surface area contributed by atoms with Gasteiger partial charge in [0.1, 0.15) is 17.3 Å². The molecular formula is C13H19F2N3O2. The second-order valence-electron chi connectivity index (χ2n) is 4.31. The van der Waals surface area contributed by atoms with Gasteiger partial charge in [0.2, 0.25) is 5.91 Å². The van der Waals surface area contributed by atoms with E-state index in [1.807, 2.05) is 0 Å². The minimum atomic E-state index is -0.738. The Labute approximate surface area is 116 Å². The topological polar surface area (TPSA) is 67.6 Å². The van der Waals surface area contributed by atoms with Gasteiger partial charge in [0, 0.05) is 27.2 Å². The number of halogens is 2. The molecule has 0 atom stereocenters. The minimum absolute atomic E-state index is 0.0509. The standard InChI is InChI=1S/C13H19F2N3O2/c1-18(8-12(19)17-3-4-20-2)13-10(14)5-9(7-16)6-11(13)15/h5-6H,3-4,7-8,16H2,1-2H3,(H,17,19). The van der Waals surface area contributed by atoms with Gasteiger partial charge in [0.25, 0.3) is 0 Å². The fourth-order valence-electron chi connectivity index (χ4n) is 1.74. The third kappa shape index (κ3) is 4.43. The Morgan fingerprint density at radius 2 is 2.00 bits per heavy atom. The van der Waals surface area contributed by atoms with Crippen LogP contribution in [0.1, 0.15) is 5.56 Å². The van der Waals surface area contributed by atoms with E-state index in [9.17, 15) is 13.6 Å². The van der Waals surface area contributed by atoms with Gasteiger partial charge in [0.05, 0.1) is 13.2 Å². The Balaban J connectivity index is 2.72. The quantitative estimate of drug-likeness (QED) is 0.722. The number of amides is 1. The summed E-state index contributed by atoms with van der Waals surface area (Å²) in [6.45, 7) is 0.623. The van der Waals surface area contributed by atoms with E-state index in [4.69, 9.17) is 10.5 Å². The van der Waals surface area contributed by atoms with Crippen molar-refractivity contribution < 1.29 is 18.3 Å². The molecule has 0 radical (unpaired) electrons. The van der Waals surface area contributed by atoms with Gasteiger partial charge in [-0.05, 0) is 17.7 Å². The van der Waals surface area contributed by atoms with Gasteiger partial charge in [0.15, 0.2) is 0 Å².